The van der Waals surface area contributed by atoms with E-state index < -0.39 is 0 Å². The fraction of sp³-hybridized carbons (Fsp3) is 0.500. The molecule has 1 saturated heterocycles. The van der Waals surface area contributed by atoms with Gasteiger partial charge in [0.25, 0.3) is 0 Å². The molecule has 1 aliphatic rings. The first-order valence-corrected chi connectivity index (χ1v) is 6.20. The van der Waals surface area contributed by atoms with Crippen molar-refractivity contribution >= 4 is 15.9 Å². The van der Waals surface area contributed by atoms with Gasteiger partial charge in [0.05, 0.1) is 0 Å². The van der Waals surface area contributed by atoms with Crippen LogP contribution in [-0.2, 0) is 6.42 Å². The van der Waals surface area contributed by atoms with Crippen LogP contribution in [0.5, 0.6) is 0 Å². The number of nitrogens with zero attached hydrogens (tertiary/aromatic N) is 1. The van der Waals surface area contributed by atoms with Gasteiger partial charge in [0.15, 0.2) is 0 Å². The molecule has 1 heterocycles. The largest absolute Gasteiger partial charge is 0.314 e. The second kappa shape index (κ2) is 5.10. The van der Waals surface area contributed by atoms with E-state index in [0.717, 1.165) is 36.6 Å². The number of halogens is 1. The Kier molecular flexibility index (Phi) is 3.78. The first kappa shape index (κ1) is 11.1. The minimum Gasteiger partial charge on any atom is -0.314 e. The molecule has 1 N–H and O–H groups in total. The van der Waals surface area contributed by atoms with Crippen LogP contribution in [-0.4, -0.2) is 37.6 Å². The summed E-state index contributed by atoms with van der Waals surface area (Å²) in [6.07, 6.45) is 1.14. The maximum atomic E-state index is 3.45. The molecule has 2 rings (SSSR count). The molecule has 0 aliphatic carbocycles. The summed E-state index contributed by atoms with van der Waals surface area (Å²) >= 11 is 3.45. The smallest absolute Gasteiger partial charge is 0.0342 e. The van der Waals surface area contributed by atoms with E-state index in [1.165, 1.54) is 5.56 Å². The number of nitrogens with one attached hydrogen (secondary N) is 1. The van der Waals surface area contributed by atoms with E-state index in [1.807, 2.05) is 0 Å². The summed E-state index contributed by atoms with van der Waals surface area (Å²) in [4.78, 5) is 2.44. The lowest BCUT2D eigenvalue weighted by Gasteiger charge is -2.35. The van der Waals surface area contributed by atoms with Crippen LogP contribution in [0.2, 0.25) is 0 Å². The molecule has 1 aromatic carbocycles. The van der Waals surface area contributed by atoms with Gasteiger partial charge in [-0.15, -0.1) is 0 Å². The second-order valence-corrected chi connectivity index (χ2v) is 5.08. The van der Waals surface area contributed by atoms with Crippen molar-refractivity contribution in [2.24, 2.45) is 0 Å². The van der Waals surface area contributed by atoms with Crippen LogP contribution in [0.3, 0.4) is 0 Å². The Bertz CT molecular complexity index is 306. The summed E-state index contributed by atoms with van der Waals surface area (Å²) in [6, 6.07) is 9.36. The molecule has 0 radical (unpaired) electrons. The van der Waals surface area contributed by atoms with Crippen molar-refractivity contribution in [3.8, 4) is 0 Å². The topological polar surface area (TPSA) is 15.3 Å². The fourth-order valence-corrected chi connectivity index (χ4v) is 1.99. The van der Waals surface area contributed by atoms with E-state index in [1.54, 1.807) is 0 Å². The van der Waals surface area contributed by atoms with Gasteiger partial charge in [-0.05, 0) is 31.2 Å². The van der Waals surface area contributed by atoms with Gasteiger partial charge in [0.2, 0.25) is 0 Å². The summed E-state index contributed by atoms with van der Waals surface area (Å²) in [7, 11) is 2.21. The van der Waals surface area contributed by atoms with Gasteiger partial charge >= 0.3 is 0 Å². The van der Waals surface area contributed by atoms with Crippen LogP contribution in [0.4, 0.5) is 0 Å². The highest BCUT2D eigenvalue weighted by Crippen LogP contribution is 2.11. The van der Waals surface area contributed by atoms with Gasteiger partial charge in [0.1, 0.15) is 0 Å². The van der Waals surface area contributed by atoms with E-state index in [9.17, 15) is 0 Å². The average molecular weight is 269 g/mol. The van der Waals surface area contributed by atoms with Gasteiger partial charge in [0, 0.05) is 30.1 Å². The Morgan fingerprint density at radius 1 is 1.33 bits per heavy atom. The lowest BCUT2D eigenvalue weighted by atomic mass is 10.1. The maximum Gasteiger partial charge on any atom is 0.0342 e. The normalized spacial score (nSPS) is 16.7. The molecule has 15 heavy (non-hydrogen) atoms. The highest BCUT2D eigenvalue weighted by atomic mass is 79.9. The van der Waals surface area contributed by atoms with E-state index in [0.29, 0.717) is 0 Å². The number of hydrogen-bond acceptors (Lipinski definition) is 2. The van der Waals surface area contributed by atoms with Crippen LogP contribution in [0.25, 0.3) is 0 Å². The van der Waals surface area contributed by atoms with Crippen molar-refractivity contribution in [2.75, 3.05) is 26.7 Å². The lowest BCUT2D eigenvalue weighted by Crippen LogP contribution is -2.56. The minimum atomic E-state index is 0.750. The summed E-state index contributed by atoms with van der Waals surface area (Å²) in [6.45, 7) is 3.45. The fourth-order valence-electron chi connectivity index (χ4n) is 1.72. The molecule has 0 unspecified atom stereocenters. The summed E-state index contributed by atoms with van der Waals surface area (Å²) in [5.74, 6) is 0. The molecule has 3 heteroatoms. The van der Waals surface area contributed by atoms with Crippen LogP contribution in [0, 0.1) is 0 Å². The average Bonchev–Trinajstić information content (AvgIpc) is 2.14. The van der Waals surface area contributed by atoms with Gasteiger partial charge < -0.3 is 10.2 Å². The van der Waals surface area contributed by atoms with Crippen molar-refractivity contribution in [3.63, 3.8) is 0 Å². The molecule has 0 bridgehead atoms. The maximum absolute atomic E-state index is 3.45. The van der Waals surface area contributed by atoms with Crippen molar-refractivity contribution in [3.05, 3.63) is 34.3 Å². The van der Waals surface area contributed by atoms with Gasteiger partial charge in [-0.2, -0.15) is 0 Å². The number of likely N-dealkylation sites (N-methyl/N-ethyl adjacent to an activating group) is 1. The van der Waals surface area contributed by atoms with E-state index in [2.05, 4.69) is 57.5 Å². The zero-order valence-electron chi connectivity index (χ0n) is 9.04. The molecule has 1 aromatic rings. The predicted molar refractivity (Wildman–Crippen MR) is 67.1 cm³/mol. The summed E-state index contributed by atoms with van der Waals surface area (Å²) in [5.41, 5.74) is 1.41. The molecule has 0 spiro atoms. The zero-order valence-corrected chi connectivity index (χ0v) is 10.6. The van der Waals surface area contributed by atoms with E-state index in [4.69, 9.17) is 0 Å². The number of hydrogen-bond donors (Lipinski definition) is 1. The lowest BCUT2D eigenvalue weighted by molar-refractivity contribution is 0.182. The Hall–Kier alpha value is -0.380. The number of rotatable bonds is 4. The number of benzene rings is 1. The molecule has 0 aromatic heterocycles. The SMILES string of the molecule is CN(CCc1ccc(Br)cc1)C1CNC1. The predicted octanol–water partition coefficient (Wildman–Crippen LogP) is 1.90. The standard InChI is InChI=1S/C12H17BrN2/c1-15(12-8-14-9-12)7-6-10-2-4-11(13)5-3-10/h2-5,12,14H,6-9H2,1H3. The highest BCUT2D eigenvalue weighted by Gasteiger charge is 2.20. The Morgan fingerprint density at radius 2 is 2.00 bits per heavy atom. The van der Waals surface area contributed by atoms with Crippen LogP contribution < -0.4 is 5.32 Å². The van der Waals surface area contributed by atoms with Crippen molar-refractivity contribution in [1.82, 2.24) is 10.2 Å². The van der Waals surface area contributed by atoms with Crippen molar-refractivity contribution in [1.29, 1.82) is 0 Å². The Morgan fingerprint density at radius 3 is 2.53 bits per heavy atom. The van der Waals surface area contributed by atoms with E-state index >= 15 is 0 Å². The molecule has 0 saturated carbocycles. The summed E-state index contributed by atoms with van der Waals surface area (Å²) < 4.78 is 1.16. The van der Waals surface area contributed by atoms with Crippen LogP contribution >= 0.6 is 15.9 Å². The Balaban J connectivity index is 1.79. The second-order valence-electron chi connectivity index (χ2n) is 4.17. The quantitative estimate of drug-likeness (QED) is 0.898. The van der Waals surface area contributed by atoms with Crippen LogP contribution in [0.15, 0.2) is 28.7 Å². The first-order valence-electron chi connectivity index (χ1n) is 5.41. The molecule has 1 aliphatic heterocycles. The zero-order chi connectivity index (χ0) is 10.7. The van der Waals surface area contributed by atoms with Crippen LogP contribution in [0.1, 0.15) is 5.56 Å². The van der Waals surface area contributed by atoms with E-state index in [-0.39, 0.29) is 0 Å². The Labute approximate surface area is 99.8 Å². The third-order valence-electron chi connectivity index (χ3n) is 3.05. The molecule has 0 amide bonds. The minimum absolute atomic E-state index is 0.750. The molecule has 2 nitrogen and oxygen atoms in total. The molecule has 1 fully saturated rings. The van der Waals surface area contributed by atoms with Crippen molar-refractivity contribution in [2.45, 2.75) is 12.5 Å². The van der Waals surface area contributed by atoms with Gasteiger partial charge in [-0.25, -0.2) is 0 Å². The van der Waals surface area contributed by atoms with Gasteiger partial charge in [-0.1, -0.05) is 28.1 Å². The first-order chi connectivity index (χ1) is 7.25. The monoisotopic (exact) mass is 268 g/mol. The van der Waals surface area contributed by atoms with Crippen molar-refractivity contribution < 1.29 is 0 Å². The molecular weight excluding hydrogens is 252 g/mol. The van der Waals surface area contributed by atoms with Gasteiger partial charge in [-0.3, -0.25) is 0 Å². The molecule has 0 atom stereocenters. The third kappa shape index (κ3) is 3.03. The molecule has 82 valence electrons. The summed E-state index contributed by atoms with van der Waals surface area (Å²) in [5, 5.41) is 3.30. The molecular formula is C12H17BrN2. The third-order valence-corrected chi connectivity index (χ3v) is 3.58. The highest BCUT2D eigenvalue weighted by molar-refractivity contribution is 9.10.